The lowest BCUT2D eigenvalue weighted by atomic mass is 9.83. The highest BCUT2D eigenvalue weighted by atomic mass is 32.2. The van der Waals surface area contributed by atoms with E-state index in [0.29, 0.717) is 6.54 Å². The monoisotopic (exact) mass is 450 g/mol. The summed E-state index contributed by atoms with van der Waals surface area (Å²) < 4.78 is 7.58. The highest BCUT2D eigenvalue weighted by Gasteiger charge is 2.39. The number of likely N-dealkylation sites (N-methyl/N-ethyl adjacent to an activating group) is 1. The fraction of sp³-hybridized carbons (Fsp3) is 0.400. The van der Waals surface area contributed by atoms with Gasteiger partial charge in [-0.25, -0.2) is 0 Å². The quantitative estimate of drug-likeness (QED) is 0.355. The molecule has 0 spiro atoms. The summed E-state index contributed by atoms with van der Waals surface area (Å²) in [4.78, 5) is 15.4. The lowest BCUT2D eigenvalue weighted by Crippen LogP contribution is -2.25. The van der Waals surface area contributed by atoms with Crippen molar-refractivity contribution >= 4 is 23.2 Å². The van der Waals surface area contributed by atoms with Crippen LogP contribution in [0.1, 0.15) is 57.7 Å². The highest BCUT2D eigenvalue weighted by Crippen LogP contribution is 2.46. The highest BCUT2D eigenvalue weighted by molar-refractivity contribution is 8.00. The Bertz CT molecular complexity index is 1140. The first-order chi connectivity index (χ1) is 15.2. The lowest BCUT2D eigenvalue weighted by Gasteiger charge is -2.24. The summed E-state index contributed by atoms with van der Waals surface area (Å²) in [5, 5.41) is 9.22. The minimum absolute atomic E-state index is 0.0661. The predicted molar refractivity (Wildman–Crippen MR) is 128 cm³/mol. The van der Waals surface area contributed by atoms with Crippen LogP contribution >= 0.6 is 11.8 Å². The van der Waals surface area contributed by atoms with E-state index in [9.17, 15) is 4.79 Å². The summed E-state index contributed by atoms with van der Waals surface area (Å²) >= 11 is 1.44. The minimum Gasteiger partial charge on any atom is -0.467 e. The van der Waals surface area contributed by atoms with Crippen LogP contribution in [0.15, 0.2) is 64.0 Å². The van der Waals surface area contributed by atoms with Gasteiger partial charge in [0.2, 0.25) is 0 Å². The molecule has 1 atom stereocenters. The van der Waals surface area contributed by atoms with E-state index in [2.05, 4.69) is 61.0 Å². The first kappa shape index (κ1) is 22.4. The second-order valence-electron chi connectivity index (χ2n) is 9.05. The number of benzene rings is 1. The number of nitrogens with zero attached hydrogens (tertiary/aromatic N) is 4. The van der Waals surface area contributed by atoms with E-state index >= 15 is 0 Å². The molecule has 7 heteroatoms. The number of ketones is 1. The smallest absolute Gasteiger partial charge is 0.192 e. The Morgan fingerprint density at radius 3 is 2.56 bits per heavy atom. The van der Waals surface area contributed by atoms with Gasteiger partial charge in [0, 0.05) is 35.8 Å². The third-order valence-electron chi connectivity index (χ3n) is 6.06. The van der Waals surface area contributed by atoms with Gasteiger partial charge in [-0.2, -0.15) is 0 Å². The summed E-state index contributed by atoms with van der Waals surface area (Å²) in [5.74, 6) is 2.00. The molecule has 0 amide bonds. The van der Waals surface area contributed by atoms with Crippen molar-refractivity contribution in [2.24, 2.45) is 0 Å². The van der Waals surface area contributed by atoms with Crippen LogP contribution in [0.4, 0.5) is 5.69 Å². The zero-order valence-electron chi connectivity index (χ0n) is 19.5. The van der Waals surface area contributed by atoms with E-state index < -0.39 is 0 Å². The number of rotatable bonds is 7. The van der Waals surface area contributed by atoms with Crippen LogP contribution in [0.5, 0.6) is 0 Å². The number of fused-ring (bicyclic) bond motifs is 1. The Balaban J connectivity index is 1.57. The Kier molecular flexibility index (Phi) is 6.03. The van der Waals surface area contributed by atoms with Crippen LogP contribution in [-0.2, 0) is 16.8 Å². The van der Waals surface area contributed by atoms with Crippen molar-refractivity contribution in [3.05, 3.63) is 71.6 Å². The molecule has 1 aromatic carbocycles. The summed E-state index contributed by atoms with van der Waals surface area (Å²) in [7, 11) is 2.03. The Labute approximate surface area is 193 Å². The van der Waals surface area contributed by atoms with E-state index in [4.69, 9.17) is 4.42 Å². The maximum absolute atomic E-state index is 13.3. The Hall–Kier alpha value is -2.80. The molecule has 0 bridgehead atoms. The van der Waals surface area contributed by atoms with Gasteiger partial charge in [-0.05, 0) is 30.7 Å². The fourth-order valence-electron chi connectivity index (χ4n) is 4.25. The van der Waals surface area contributed by atoms with Crippen molar-refractivity contribution < 1.29 is 9.21 Å². The van der Waals surface area contributed by atoms with Crippen LogP contribution in [0, 0.1) is 0 Å². The summed E-state index contributed by atoms with van der Waals surface area (Å²) in [6, 6.07) is 12.1. The van der Waals surface area contributed by atoms with Crippen LogP contribution in [0.25, 0.3) is 0 Å². The SMILES string of the molecule is CC(Sc1nnc(C(C)C)n1Cc1ccco1)C(=O)/C=C1/N(C)c2ccccc2C1(C)C. The minimum atomic E-state index is -0.296. The molecule has 1 unspecified atom stereocenters. The molecule has 2 aromatic heterocycles. The molecule has 6 nitrogen and oxygen atoms in total. The standard InChI is InChI=1S/C25H30N4O2S/c1-16(2)23-26-27-24(29(23)15-18-10-9-13-31-18)32-17(3)21(30)14-22-25(4,5)19-11-7-8-12-20(19)28(22)6/h7-14,16-17H,15H2,1-6H3/b22-14+. The van der Waals surface area contributed by atoms with Gasteiger partial charge >= 0.3 is 0 Å². The van der Waals surface area contributed by atoms with Crippen LogP contribution in [-0.4, -0.2) is 32.8 Å². The number of thioether (sulfide) groups is 1. The van der Waals surface area contributed by atoms with E-state index in [1.165, 1.54) is 17.3 Å². The van der Waals surface area contributed by atoms with Gasteiger partial charge in [0.1, 0.15) is 11.6 Å². The van der Waals surface area contributed by atoms with Crippen molar-refractivity contribution in [3.8, 4) is 0 Å². The molecule has 1 aliphatic heterocycles. The van der Waals surface area contributed by atoms with E-state index in [1.54, 1.807) is 12.3 Å². The zero-order chi connectivity index (χ0) is 23.0. The van der Waals surface area contributed by atoms with Gasteiger partial charge in [-0.1, -0.05) is 57.7 Å². The van der Waals surface area contributed by atoms with Gasteiger partial charge in [-0.15, -0.1) is 10.2 Å². The number of allylic oxidation sites excluding steroid dienone is 2. The number of carbonyl (C=O) groups excluding carboxylic acids is 1. The summed E-state index contributed by atoms with van der Waals surface area (Å²) in [6.07, 6.45) is 3.46. The van der Waals surface area contributed by atoms with Crippen molar-refractivity contribution in [1.29, 1.82) is 0 Å². The normalized spacial score (nSPS) is 17.2. The van der Waals surface area contributed by atoms with Crippen LogP contribution < -0.4 is 4.90 Å². The number of carbonyl (C=O) groups is 1. The Morgan fingerprint density at radius 2 is 1.91 bits per heavy atom. The van der Waals surface area contributed by atoms with Gasteiger partial charge < -0.3 is 9.32 Å². The predicted octanol–water partition coefficient (Wildman–Crippen LogP) is 5.40. The van der Waals surface area contributed by atoms with Gasteiger partial charge in [0.15, 0.2) is 10.9 Å². The number of para-hydroxylation sites is 1. The molecule has 1 aliphatic rings. The second kappa shape index (κ2) is 8.62. The topological polar surface area (TPSA) is 64.2 Å². The number of aromatic nitrogens is 3. The van der Waals surface area contributed by atoms with Crippen LogP contribution in [0.3, 0.4) is 0 Å². The molecule has 0 radical (unpaired) electrons. The number of furan rings is 1. The van der Waals surface area contributed by atoms with Crippen molar-refractivity contribution in [1.82, 2.24) is 14.8 Å². The molecule has 3 aromatic rings. The average Bonchev–Trinajstić information content (AvgIpc) is 3.45. The summed E-state index contributed by atoms with van der Waals surface area (Å²) in [6.45, 7) is 11.0. The third kappa shape index (κ3) is 4.01. The Morgan fingerprint density at radius 1 is 1.16 bits per heavy atom. The molecular formula is C25H30N4O2S. The average molecular weight is 451 g/mol. The summed E-state index contributed by atoms with van der Waals surface area (Å²) in [5.41, 5.74) is 3.17. The molecule has 0 fully saturated rings. The molecule has 3 heterocycles. The lowest BCUT2D eigenvalue weighted by molar-refractivity contribution is -0.114. The van der Waals surface area contributed by atoms with Gasteiger partial charge in [0.05, 0.1) is 18.1 Å². The number of anilines is 1. The molecule has 0 saturated heterocycles. The largest absolute Gasteiger partial charge is 0.467 e. The first-order valence-corrected chi connectivity index (χ1v) is 11.8. The molecule has 168 valence electrons. The van der Waals surface area contributed by atoms with E-state index in [0.717, 1.165) is 28.1 Å². The molecule has 0 saturated carbocycles. The maximum Gasteiger partial charge on any atom is 0.192 e. The molecule has 4 rings (SSSR count). The number of hydrogen-bond acceptors (Lipinski definition) is 6. The third-order valence-corrected chi connectivity index (χ3v) is 7.16. The van der Waals surface area contributed by atoms with Gasteiger partial charge in [-0.3, -0.25) is 9.36 Å². The van der Waals surface area contributed by atoms with Crippen LogP contribution in [0.2, 0.25) is 0 Å². The molecule has 32 heavy (non-hydrogen) atoms. The van der Waals surface area contributed by atoms with E-state index in [-0.39, 0.29) is 22.4 Å². The van der Waals surface area contributed by atoms with E-state index in [1.807, 2.05) is 36.7 Å². The molecular weight excluding hydrogens is 420 g/mol. The number of hydrogen-bond donors (Lipinski definition) is 0. The molecule has 0 aliphatic carbocycles. The second-order valence-corrected chi connectivity index (χ2v) is 10.4. The first-order valence-electron chi connectivity index (χ1n) is 10.9. The maximum atomic E-state index is 13.3. The van der Waals surface area contributed by atoms with Gasteiger partial charge in [0.25, 0.3) is 0 Å². The fourth-order valence-corrected chi connectivity index (χ4v) is 5.12. The van der Waals surface area contributed by atoms with Crippen molar-refractivity contribution in [3.63, 3.8) is 0 Å². The van der Waals surface area contributed by atoms with Crippen molar-refractivity contribution in [2.45, 2.75) is 62.9 Å². The molecule has 0 N–H and O–H groups in total. The zero-order valence-corrected chi connectivity index (χ0v) is 20.3. The van der Waals surface area contributed by atoms with Crippen molar-refractivity contribution in [2.75, 3.05) is 11.9 Å².